The molecule has 1 atom stereocenters. The highest BCUT2D eigenvalue weighted by molar-refractivity contribution is 5.92. The van der Waals surface area contributed by atoms with Crippen LogP contribution in [0.5, 0.6) is 0 Å². The summed E-state index contributed by atoms with van der Waals surface area (Å²) in [4.78, 5) is 2.29. The van der Waals surface area contributed by atoms with E-state index in [1.807, 2.05) is 6.08 Å². The van der Waals surface area contributed by atoms with Crippen LogP contribution in [0.4, 0.5) is 11.4 Å². The lowest BCUT2D eigenvalue weighted by molar-refractivity contribution is 0.924. The van der Waals surface area contributed by atoms with Gasteiger partial charge in [0.25, 0.3) is 0 Å². The molecule has 0 radical (unpaired) electrons. The molecule has 1 aliphatic rings. The molecular weight excluding hydrogens is 410 g/mol. The number of anilines is 2. The quantitative estimate of drug-likeness (QED) is 0.287. The lowest BCUT2D eigenvalue weighted by Crippen LogP contribution is -2.14. The molecule has 0 aromatic heterocycles. The molecule has 0 aliphatic carbocycles. The fourth-order valence-corrected chi connectivity index (χ4v) is 5.05. The summed E-state index contributed by atoms with van der Waals surface area (Å²) in [5.74, 6) is 0.221. The van der Waals surface area contributed by atoms with E-state index in [0.29, 0.717) is 0 Å². The first-order chi connectivity index (χ1) is 16.6. The number of allylic oxidation sites excluding steroid dienone is 2. The molecule has 1 nitrogen and oxygen atoms in total. The molecule has 0 bridgehead atoms. The molecule has 34 heavy (non-hydrogen) atoms. The Labute approximate surface area is 203 Å². The summed E-state index contributed by atoms with van der Waals surface area (Å²) in [7, 11) is 0. The first-order valence-electron chi connectivity index (χ1n) is 11.8. The molecule has 166 valence electrons. The van der Waals surface area contributed by atoms with E-state index in [0.717, 1.165) is 11.4 Å². The predicted molar refractivity (Wildman–Crippen MR) is 146 cm³/mol. The van der Waals surface area contributed by atoms with Gasteiger partial charge in [0, 0.05) is 28.6 Å². The van der Waals surface area contributed by atoms with E-state index >= 15 is 0 Å². The minimum Gasteiger partial charge on any atom is -0.310 e. The molecule has 1 unspecified atom stereocenters. The molecule has 0 amide bonds. The zero-order chi connectivity index (χ0) is 23.7. The number of aryl methyl sites for hydroxylation is 1. The van der Waals surface area contributed by atoms with E-state index < -0.39 is 0 Å². The van der Waals surface area contributed by atoms with E-state index in [4.69, 9.17) is 0 Å². The minimum atomic E-state index is 0.221. The molecule has 0 fully saturated rings. The van der Waals surface area contributed by atoms with Gasteiger partial charge in [-0.3, -0.25) is 0 Å². The Morgan fingerprint density at radius 1 is 0.824 bits per heavy atom. The van der Waals surface area contributed by atoms with Crippen LogP contribution in [0.15, 0.2) is 122 Å². The molecule has 0 spiro atoms. The van der Waals surface area contributed by atoms with Crippen molar-refractivity contribution in [3.05, 3.63) is 156 Å². The van der Waals surface area contributed by atoms with Gasteiger partial charge in [0.05, 0.1) is 0 Å². The Morgan fingerprint density at radius 2 is 1.53 bits per heavy atom. The molecule has 4 aromatic carbocycles. The van der Waals surface area contributed by atoms with Gasteiger partial charge in [-0.05, 0) is 64.6 Å². The smallest absolute Gasteiger partial charge is 0.0499 e. The molecule has 0 saturated carbocycles. The number of benzene rings is 4. The maximum absolute atomic E-state index is 4.58. The Morgan fingerprint density at radius 3 is 2.29 bits per heavy atom. The molecule has 5 rings (SSSR count). The van der Waals surface area contributed by atoms with Gasteiger partial charge in [0.15, 0.2) is 0 Å². The fraction of sp³-hybridized carbons (Fsp3) is 0.0909. The molecule has 1 heteroatoms. The summed E-state index contributed by atoms with van der Waals surface area (Å²) >= 11 is 0. The van der Waals surface area contributed by atoms with Crippen molar-refractivity contribution in [2.45, 2.75) is 19.8 Å². The monoisotopic (exact) mass is 439 g/mol. The van der Waals surface area contributed by atoms with Crippen molar-refractivity contribution >= 4 is 22.6 Å². The third-order valence-electron chi connectivity index (χ3n) is 6.79. The Hall–Kier alpha value is -4.10. The lowest BCUT2D eigenvalue weighted by atomic mass is 9.85. The summed E-state index contributed by atoms with van der Waals surface area (Å²) in [5, 5.41) is 0. The van der Waals surface area contributed by atoms with Crippen LogP contribution in [0.1, 0.15) is 46.2 Å². The Kier molecular flexibility index (Phi) is 5.77. The standard InChI is InChI=1S/C33H29N/c1-5-13-31(28-17-10-9-14-23(28)2)26-20-21-30-25(4)34(27-15-7-6-8-16-27)33-19-12-11-18-29(33)24(3)32(30)22-26/h5-22,24H,1,4H2,2-3H3/b31-13-. The highest BCUT2D eigenvalue weighted by atomic mass is 15.2. The Balaban J connectivity index is 1.72. The van der Waals surface area contributed by atoms with Gasteiger partial charge < -0.3 is 4.90 Å². The minimum absolute atomic E-state index is 0.221. The van der Waals surface area contributed by atoms with E-state index in [-0.39, 0.29) is 5.92 Å². The van der Waals surface area contributed by atoms with Crippen molar-refractivity contribution in [3.63, 3.8) is 0 Å². The van der Waals surface area contributed by atoms with Crippen LogP contribution in [0.2, 0.25) is 0 Å². The SMILES string of the molecule is C=C/C=C(/c1ccc2c(c1)C(C)c1ccccc1N(c1ccccc1)C2=C)c1ccccc1C. The second-order valence-corrected chi connectivity index (χ2v) is 8.83. The summed E-state index contributed by atoms with van der Waals surface area (Å²) in [5.41, 5.74) is 11.9. The topological polar surface area (TPSA) is 3.24 Å². The first-order valence-corrected chi connectivity index (χ1v) is 11.8. The molecule has 1 aliphatic heterocycles. The van der Waals surface area contributed by atoms with Crippen LogP contribution in [0, 0.1) is 6.92 Å². The third kappa shape index (κ3) is 3.70. The van der Waals surface area contributed by atoms with Gasteiger partial charge in [-0.2, -0.15) is 0 Å². The zero-order valence-corrected chi connectivity index (χ0v) is 19.8. The molecular formula is C33H29N. The highest BCUT2D eigenvalue weighted by Gasteiger charge is 2.28. The summed E-state index contributed by atoms with van der Waals surface area (Å²) in [6.07, 6.45) is 3.99. The number of hydrogen-bond donors (Lipinski definition) is 0. The highest BCUT2D eigenvalue weighted by Crippen LogP contribution is 2.46. The van der Waals surface area contributed by atoms with Crippen LogP contribution >= 0.6 is 0 Å². The van der Waals surface area contributed by atoms with E-state index in [9.17, 15) is 0 Å². The molecule has 0 saturated heterocycles. The van der Waals surface area contributed by atoms with Gasteiger partial charge in [0.2, 0.25) is 0 Å². The van der Waals surface area contributed by atoms with Gasteiger partial charge in [-0.15, -0.1) is 0 Å². The maximum Gasteiger partial charge on any atom is 0.0499 e. The van der Waals surface area contributed by atoms with Crippen LogP contribution in [-0.4, -0.2) is 0 Å². The number of para-hydroxylation sites is 2. The zero-order valence-electron chi connectivity index (χ0n) is 19.8. The molecule has 1 heterocycles. The Bertz CT molecular complexity index is 1410. The fourth-order valence-electron chi connectivity index (χ4n) is 5.05. The van der Waals surface area contributed by atoms with Gasteiger partial charge in [-0.25, -0.2) is 0 Å². The van der Waals surface area contributed by atoms with Crippen LogP contribution < -0.4 is 4.90 Å². The van der Waals surface area contributed by atoms with Gasteiger partial charge in [-0.1, -0.05) is 105 Å². The number of nitrogens with zero attached hydrogens (tertiary/aromatic N) is 1. The van der Waals surface area contributed by atoms with Crippen LogP contribution in [-0.2, 0) is 0 Å². The normalized spacial score (nSPS) is 15.4. The van der Waals surface area contributed by atoms with Crippen molar-refractivity contribution in [1.82, 2.24) is 0 Å². The van der Waals surface area contributed by atoms with E-state index in [2.05, 4.69) is 135 Å². The number of fused-ring (bicyclic) bond motifs is 2. The molecule has 0 N–H and O–H groups in total. The average Bonchev–Trinajstić information content (AvgIpc) is 2.96. The van der Waals surface area contributed by atoms with Crippen molar-refractivity contribution in [1.29, 1.82) is 0 Å². The number of rotatable bonds is 4. The van der Waals surface area contributed by atoms with E-state index in [1.165, 1.54) is 44.6 Å². The second-order valence-electron chi connectivity index (χ2n) is 8.83. The average molecular weight is 440 g/mol. The van der Waals surface area contributed by atoms with Gasteiger partial charge in [0.1, 0.15) is 0 Å². The van der Waals surface area contributed by atoms with Crippen molar-refractivity contribution < 1.29 is 0 Å². The molecule has 4 aromatic rings. The van der Waals surface area contributed by atoms with Crippen molar-refractivity contribution in [2.24, 2.45) is 0 Å². The van der Waals surface area contributed by atoms with Crippen LogP contribution in [0.25, 0.3) is 11.3 Å². The third-order valence-corrected chi connectivity index (χ3v) is 6.79. The van der Waals surface area contributed by atoms with Crippen molar-refractivity contribution in [3.8, 4) is 0 Å². The summed E-state index contributed by atoms with van der Waals surface area (Å²) in [6.45, 7) is 13.0. The lowest BCUT2D eigenvalue weighted by Gasteiger charge is -2.27. The van der Waals surface area contributed by atoms with Crippen LogP contribution in [0.3, 0.4) is 0 Å². The maximum atomic E-state index is 4.58. The largest absolute Gasteiger partial charge is 0.310 e. The number of hydrogen-bond acceptors (Lipinski definition) is 1. The predicted octanol–water partition coefficient (Wildman–Crippen LogP) is 8.89. The summed E-state index contributed by atoms with van der Waals surface area (Å²) < 4.78 is 0. The van der Waals surface area contributed by atoms with Crippen molar-refractivity contribution in [2.75, 3.05) is 4.90 Å². The first kappa shape index (κ1) is 21.7. The van der Waals surface area contributed by atoms with Gasteiger partial charge >= 0.3 is 0 Å². The second kappa shape index (κ2) is 9.03. The van der Waals surface area contributed by atoms with E-state index in [1.54, 1.807) is 0 Å². The summed E-state index contributed by atoms with van der Waals surface area (Å²) in [6, 6.07) is 34.5.